The summed E-state index contributed by atoms with van der Waals surface area (Å²) in [6.45, 7) is 0.990. The molecule has 11 heteroatoms. The lowest BCUT2D eigenvalue weighted by atomic mass is 10.1. The molecule has 0 unspecified atom stereocenters. The molecule has 188 valence electrons. The highest BCUT2D eigenvalue weighted by molar-refractivity contribution is 8.18. The molecule has 2 aromatic rings. The van der Waals surface area contributed by atoms with Gasteiger partial charge < -0.3 is 19.1 Å². The first-order valence-corrected chi connectivity index (χ1v) is 12.3. The van der Waals surface area contributed by atoms with E-state index in [2.05, 4.69) is 0 Å². The normalized spacial score (nSPS) is 16.6. The summed E-state index contributed by atoms with van der Waals surface area (Å²) in [6.07, 6.45) is 3.32. The van der Waals surface area contributed by atoms with Gasteiger partial charge in [0.1, 0.15) is 12.3 Å². The first kappa shape index (κ1) is 25.6. The molecule has 0 atom stereocenters. The molecule has 2 aromatic carbocycles. The third-order valence-corrected chi connectivity index (χ3v) is 6.88. The number of carbonyl (C=O) groups is 4. The molecule has 4 rings (SSSR count). The van der Waals surface area contributed by atoms with Gasteiger partial charge in [0.15, 0.2) is 11.5 Å². The van der Waals surface area contributed by atoms with Crippen molar-refractivity contribution >= 4 is 52.5 Å². The Balaban J connectivity index is 1.51. The van der Waals surface area contributed by atoms with Crippen LogP contribution in [-0.4, -0.2) is 66.7 Å². The molecular formula is C25H23ClN2O7S. The average Bonchev–Trinajstić information content (AvgIpc) is 3.50. The minimum Gasteiger partial charge on any atom is -0.497 e. The Kier molecular flexibility index (Phi) is 7.85. The van der Waals surface area contributed by atoms with E-state index in [1.165, 1.54) is 32.4 Å². The predicted octanol–water partition coefficient (Wildman–Crippen LogP) is 4.24. The van der Waals surface area contributed by atoms with Crippen LogP contribution >= 0.6 is 23.4 Å². The standard InChI is InChI=1S/C25H23ClN2O7S/c1-33-17-7-5-16(6-8-17)24(31)35-22-18(26)11-15(12-19(22)34-2)13-20-23(30)28(25(32)36-20)14-21(29)27-9-3-4-10-27/h5-8,11-13H,3-4,9-10,14H2,1-2H3/b20-13-. The van der Waals surface area contributed by atoms with Crippen LogP contribution in [0.3, 0.4) is 0 Å². The van der Waals surface area contributed by atoms with Gasteiger partial charge in [-0.2, -0.15) is 0 Å². The predicted molar refractivity (Wildman–Crippen MR) is 134 cm³/mol. The van der Waals surface area contributed by atoms with Crippen LogP contribution in [0.1, 0.15) is 28.8 Å². The molecule has 0 aliphatic carbocycles. The third kappa shape index (κ3) is 5.50. The van der Waals surface area contributed by atoms with E-state index in [4.69, 9.17) is 25.8 Å². The Hall–Kier alpha value is -3.50. The van der Waals surface area contributed by atoms with Gasteiger partial charge in [0.2, 0.25) is 5.91 Å². The Labute approximate surface area is 216 Å². The number of nitrogens with zero attached hydrogens (tertiary/aromatic N) is 2. The SMILES string of the molecule is COc1ccc(C(=O)Oc2c(Cl)cc(/C=C3\SC(=O)N(CC(=O)N4CCCC4)C3=O)cc2OC)cc1. The molecular weight excluding hydrogens is 508 g/mol. The van der Waals surface area contributed by atoms with Crippen LogP contribution in [0, 0.1) is 0 Å². The van der Waals surface area contributed by atoms with Crippen molar-refractivity contribution < 1.29 is 33.4 Å². The monoisotopic (exact) mass is 530 g/mol. The van der Waals surface area contributed by atoms with Crippen molar-refractivity contribution in [1.29, 1.82) is 0 Å². The summed E-state index contributed by atoms with van der Waals surface area (Å²) in [5, 5.41) is -0.437. The van der Waals surface area contributed by atoms with Crippen LogP contribution in [0.4, 0.5) is 4.79 Å². The molecule has 0 radical (unpaired) electrons. The second-order valence-electron chi connectivity index (χ2n) is 8.01. The molecule has 0 spiro atoms. The summed E-state index contributed by atoms with van der Waals surface area (Å²) in [4.78, 5) is 53.0. The van der Waals surface area contributed by atoms with E-state index in [-0.39, 0.29) is 39.4 Å². The number of amides is 3. The Morgan fingerprint density at radius 1 is 1.06 bits per heavy atom. The van der Waals surface area contributed by atoms with Crippen molar-refractivity contribution in [3.63, 3.8) is 0 Å². The molecule has 9 nitrogen and oxygen atoms in total. The fourth-order valence-electron chi connectivity index (χ4n) is 3.79. The molecule has 0 N–H and O–H groups in total. The number of methoxy groups -OCH3 is 2. The third-order valence-electron chi connectivity index (χ3n) is 5.70. The van der Waals surface area contributed by atoms with Crippen LogP contribution < -0.4 is 14.2 Å². The van der Waals surface area contributed by atoms with Gasteiger partial charge in [0, 0.05) is 13.1 Å². The highest BCUT2D eigenvalue weighted by Gasteiger charge is 2.37. The second-order valence-corrected chi connectivity index (χ2v) is 9.41. The van der Waals surface area contributed by atoms with Gasteiger partial charge in [0.05, 0.1) is 29.7 Å². The average molecular weight is 531 g/mol. The summed E-state index contributed by atoms with van der Waals surface area (Å²) in [5.74, 6) is -0.669. The quantitative estimate of drug-likeness (QED) is 0.297. The summed E-state index contributed by atoms with van der Waals surface area (Å²) in [6, 6.07) is 9.39. The van der Waals surface area contributed by atoms with Crippen LogP contribution in [0.5, 0.6) is 17.2 Å². The number of halogens is 1. The number of thioether (sulfide) groups is 1. The number of esters is 1. The van der Waals surface area contributed by atoms with Gasteiger partial charge in [0.25, 0.3) is 11.1 Å². The maximum atomic E-state index is 12.8. The van der Waals surface area contributed by atoms with E-state index < -0.39 is 17.1 Å². The molecule has 2 fully saturated rings. The fourth-order valence-corrected chi connectivity index (χ4v) is 4.89. The lowest BCUT2D eigenvalue weighted by Gasteiger charge is -2.18. The number of hydrogen-bond donors (Lipinski definition) is 0. The van der Waals surface area contributed by atoms with Crippen LogP contribution in [0.25, 0.3) is 6.08 Å². The fraction of sp³-hybridized carbons (Fsp3) is 0.280. The highest BCUT2D eigenvalue weighted by atomic mass is 35.5. The number of rotatable bonds is 7. The van der Waals surface area contributed by atoms with Gasteiger partial charge in [-0.05, 0) is 72.6 Å². The zero-order chi connectivity index (χ0) is 25.8. The van der Waals surface area contributed by atoms with E-state index in [1.54, 1.807) is 29.2 Å². The molecule has 2 aliphatic rings. The van der Waals surface area contributed by atoms with Gasteiger partial charge >= 0.3 is 5.97 Å². The molecule has 2 aliphatic heterocycles. The number of likely N-dealkylation sites (tertiary alicyclic amines) is 1. The number of imide groups is 1. The first-order valence-electron chi connectivity index (χ1n) is 11.1. The maximum absolute atomic E-state index is 12.8. The number of carbonyl (C=O) groups excluding carboxylic acids is 4. The van der Waals surface area contributed by atoms with Crippen molar-refractivity contribution in [2.24, 2.45) is 0 Å². The minimum atomic E-state index is -0.644. The highest BCUT2D eigenvalue weighted by Crippen LogP contribution is 2.39. The van der Waals surface area contributed by atoms with Crippen LogP contribution in [0.2, 0.25) is 5.02 Å². The summed E-state index contributed by atoms with van der Waals surface area (Å²) < 4.78 is 15.9. The minimum absolute atomic E-state index is 0.0152. The zero-order valence-corrected chi connectivity index (χ0v) is 21.2. The maximum Gasteiger partial charge on any atom is 0.343 e. The molecule has 0 aromatic heterocycles. The van der Waals surface area contributed by atoms with Crippen molar-refractivity contribution in [1.82, 2.24) is 9.80 Å². The van der Waals surface area contributed by atoms with Gasteiger partial charge in [-0.15, -0.1) is 0 Å². The first-order chi connectivity index (χ1) is 17.3. The van der Waals surface area contributed by atoms with Crippen molar-refractivity contribution in [2.45, 2.75) is 12.8 Å². The largest absolute Gasteiger partial charge is 0.497 e. The molecule has 3 amide bonds. The Morgan fingerprint density at radius 3 is 2.39 bits per heavy atom. The smallest absolute Gasteiger partial charge is 0.343 e. The van der Waals surface area contributed by atoms with E-state index >= 15 is 0 Å². The van der Waals surface area contributed by atoms with Gasteiger partial charge in [-0.25, -0.2) is 4.79 Å². The lowest BCUT2D eigenvalue weighted by Crippen LogP contribution is -2.40. The van der Waals surface area contributed by atoms with Gasteiger partial charge in [-0.3, -0.25) is 19.3 Å². The Morgan fingerprint density at radius 2 is 1.75 bits per heavy atom. The topological polar surface area (TPSA) is 102 Å². The second kappa shape index (κ2) is 11.0. The summed E-state index contributed by atoms with van der Waals surface area (Å²) >= 11 is 7.13. The van der Waals surface area contributed by atoms with Gasteiger partial charge in [-0.1, -0.05) is 11.6 Å². The molecule has 36 heavy (non-hydrogen) atoms. The zero-order valence-electron chi connectivity index (χ0n) is 19.6. The van der Waals surface area contributed by atoms with Crippen molar-refractivity contribution in [2.75, 3.05) is 33.9 Å². The molecule has 2 heterocycles. The molecule has 0 saturated carbocycles. The van der Waals surface area contributed by atoms with E-state index in [1.807, 2.05) is 0 Å². The Bertz CT molecular complexity index is 1240. The van der Waals surface area contributed by atoms with Crippen molar-refractivity contribution in [3.05, 3.63) is 57.5 Å². The summed E-state index contributed by atoms with van der Waals surface area (Å²) in [7, 11) is 2.91. The number of hydrogen-bond acceptors (Lipinski definition) is 8. The summed E-state index contributed by atoms with van der Waals surface area (Å²) in [5.41, 5.74) is 0.743. The van der Waals surface area contributed by atoms with E-state index in [9.17, 15) is 19.2 Å². The molecule has 2 saturated heterocycles. The van der Waals surface area contributed by atoms with Crippen LogP contribution in [-0.2, 0) is 9.59 Å². The van der Waals surface area contributed by atoms with E-state index in [0.29, 0.717) is 24.4 Å². The number of benzene rings is 2. The lowest BCUT2D eigenvalue weighted by molar-refractivity contribution is -0.135. The van der Waals surface area contributed by atoms with E-state index in [0.717, 1.165) is 29.5 Å². The van der Waals surface area contributed by atoms with Crippen LogP contribution in [0.15, 0.2) is 41.3 Å². The van der Waals surface area contributed by atoms with Crippen molar-refractivity contribution in [3.8, 4) is 17.2 Å². The molecule has 0 bridgehead atoms. The number of ether oxygens (including phenoxy) is 3.